The molecule has 0 aromatic carbocycles. The maximum atomic E-state index is 4.15. The molecule has 3 aromatic heterocycles. The molecular formula is C10H8BrN5. The molecule has 3 rings (SSSR count). The summed E-state index contributed by atoms with van der Waals surface area (Å²) in [6, 6.07) is 4.02. The van der Waals surface area contributed by atoms with Crippen LogP contribution in [0, 0.1) is 0 Å². The van der Waals surface area contributed by atoms with Crippen LogP contribution in [0.1, 0.15) is 0 Å². The van der Waals surface area contributed by atoms with Crippen LogP contribution in [0.25, 0.3) is 16.6 Å². The van der Waals surface area contributed by atoms with Crippen LogP contribution in [0.3, 0.4) is 0 Å². The Morgan fingerprint density at radius 3 is 2.94 bits per heavy atom. The Hall–Kier alpha value is -1.69. The van der Waals surface area contributed by atoms with Crippen LogP contribution in [0.4, 0.5) is 0 Å². The molecule has 0 atom stereocenters. The molecule has 0 spiro atoms. The monoisotopic (exact) mass is 277 g/mol. The lowest BCUT2D eigenvalue weighted by atomic mass is 10.1. The normalized spacial score (nSPS) is 11.1. The average molecular weight is 278 g/mol. The van der Waals surface area contributed by atoms with Crippen molar-refractivity contribution in [2.75, 3.05) is 0 Å². The number of aryl methyl sites for hydroxylation is 1. The maximum absolute atomic E-state index is 4.15. The van der Waals surface area contributed by atoms with Crippen molar-refractivity contribution in [3.8, 4) is 11.1 Å². The fourth-order valence-electron chi connectivity index (χ4n) is 1.61. The topological polar surface area (TPSA) is 48.0 Å². The van der Waals surface area contributed by atoms with Gasteiger partial charge in [0.1, 0.15) is 5.52 Å². The average Bonchev–Trinajstić information content (AvgIpc) is 2.86. The molecular weight excluding hydrogens is 270 g/mol. The highest BCUT2D eigenvalue weighted by Gasteiger charge is 2.06. The van der Waals surface area contributed by atoms with E-state index in [1.54, 1.807) is 9.20 Å². The number of aromatic nitrogens is 5. The van der Waals surface area contributed by atoms with E-state index in [0.29, 0.717) is 0 Å². The summed E-state index contributed by atoms with van der Waals surface area (Å²) in [7, 11) is 1.90. The molecule has 3 heterocycles. The summed E-state index contributed by atoms with van der Waals surface area (Å²) in [6.45, 7) is 0. The predicted molar refractivity (Wildman–Crippen MR) is 62.9 cm³/mol. The van der Waals surface area contributed by atoms with E-state index in [-0.39, 0.29) is 0 Å². The Bertz CT molecular complexity index is 654. The van der Waals surface area contributed by atoms with Crippen LogP contribution in [0.5, 0.6) is 0 Å². The van der Waals surface area contributed by atoms with Gasteiger partial charge in [-0.2, -0.15) is 5.10 Å². The molecule has 0 fully saturated rings. The number of pyridine rings is 1. The minimum absolute atomic E-state index is 0.748. The smallest absolute Gasteiger partial charge is 0.156 e. The summed E-state index contributed by atoms with van der Waals surface area (Å²) in [5, 5.41) is 12.1. The van der Waals surface area contributed by atoms with Gasteiger partial charge in [-0.25, -0.2) is 4.52 Å². The highest BCUT2D eigenvalue weighted by Crippen LogP contribution is 2.22. The first-order chi connectivity index (χ1) is 7.74. The Kier molecular flexibility index (Phi) is 2.03. The molecule has 5 nitrogen and oxygen atoms in total. The van der Waals surface area contributed by atoms with Gasteiger partial charge in [-0.15, -0.1) is 5.10 Å². The highest BCUT2D eigenvalue weighted by atomic mass is 79.9. The highest BCUT2D eigenvalue weighted by molar-refractivity contribution is 9.10. The van der Waals surface area contributed by atoms with E-state index in [9.17, 15) is 0 Å². The van der Waals surface area contributed by atoms with Gasteiger partial charge in [0.25, 0.3) is 0 Å². The molecule has 3 aromatic rings. The Morgan fingerprint density at radius 2 is 2.19 bits per heavy atom. The summed E-state index contributed by atoms with van der Waals surface area (Å²) in [6.07, 6.45) is 5.70. The van der Waals surface area contributed by atoms with Crippen LogP contribution in [-0.2, 0) is 7.05 Å². The molecule has 0 N–H and O–H groups in total. The molecule has 0 unspecified atom stereocenters. The summed E-state index contributed by atoms with van der Waals surface area (Å²) in [5.41, 5.74) is 3.13. The van der Waals surface area contributed by atoms with Gasteiger partial charge in [0, 0.05) is 25.0 Å². The molecule has 0 saturated carbocycles. The fourth-order valence-corrected chi connectivity index (χ4v) is 1.98. The van der Waals surface area contributed by atoms with Gasteiger partial charge in [0.05, 0.1) is 6.20 Å². The molecule has 0 aliphatic rings. The van der Waals surface area contributed by atoms with Crippen LogP contribution in [0.2, 0.25) is 0 Å². The molecule has 0 amide bonds. The number of rotatable bonds is 1. The summed E-state index contributed by atoms with van der Waals surface area (Å²) >= 11 is 3.36. The van der Waals surface area contributed by atoms with Gasteiger partial charge < -0.3 is 0 Å². The first-order valence-corrected chi connectivity index (χ1v) is 5.53. The summed E-state index contributed by atoms with van der Waals surface area (Å²) in [5.74, 6) is 0. The summed E-state index contributed by atoms with van der Waals surface area (Å²) in [4.78, 5) is 0. The second kappa shape index (κ2) is 3.41. The third-order valence-electron chi connectivity index (χ3n) is 2.41. The second-order valence-electron chi connectivity index (χ2n) is 3.53. The van der Waals surface area contributed by atoms with Crippen molar-refractivity contribution in [1.82, 2.24) is 24.6 Å². The first kappa shape index (κ1) is 9.53. The minimum atomic E-state index is 0.748. The lowest BCUT2D eigenvalue weighted by molar-refractivity contribution is 0.768. The third-order valence-corrected chi connectivity index (χ3v) is 2.98. The maximum Gasteiger partial charge on any atom is 0.156 e. The van der Waals surface area contributed by atoms with Crippen LogP contribution < -0.4 is 0 Å². The molecule has 0 saturated heterocycles. The van der Waals surface area contributed by atoms with E-state index in [0.717, 1.165) is 21.2 Å². The van der Waals surface area contributed by atoms with Crippen molar-refractivity contribution in [3.63, 3.8) is 0 Å². The zero-order valence-electron chi connectivity index (χ0n) is 8.50. The first-order valence-electron chi connectivity index (χ1n) is 4.73. The minimum Gasteiger partial charge on any atom is -0.275 e. The van der Waals surface area contributed by atoms with E-state index in [4.69, 9.17) is 0 Å². The Morgan fingerprint density at radius 1 is 1.31 bits per heavy atom. The van der Waals surface area contributed by atoms with Crippen molar-refractivity contribution in [2.24, 2.45) is 7.05 Å². The van der Waals surface area contributed by atoms with E-state index in [1.165, 1.54) is 0 Å². The lowest BCUT2D eigenvalue weighted by Crippen LogP contribution is -1.87. The van der Waals surface area contributed by atoms with Crippen LogP contribution in [-0.4, -0.2) is 24.6 Å². The van der Waals surface area contributed by atoms with E-state index in [1.807, 2.05) is 37.8 Å². The predicted octanol–water partition coefficient (Wildman–Crippen LogP) is 1.89. The summed E-state index contributed by atoms with van der Waals surface area (Å²) < 4.78 is 4.26. The third kappa shape index (κ3) is 1.42. The zero-order chi connectivity index (χ0) is 11.1. The standard InChI is InChI=1S/C10H8BrN5/c1-15-6-8(5-12-15)7-2-3-16-9(4-7)10(11)13-14-16/h2-6H,1H3. The Labute approximate surface area is 99.8 Å². The number of halogens is 1. The quantitative estimate of drug-likeness (QED) is 0.683. The molecule has 0 aliphatic carbocycles. The Balaban J connectivity index is 2.21. The number of fused-ring (bicyclic) bond motifs is 1. The van der Waals surface area contributed by atoms with Crippen molar-refractivity contribution in [1.29, 1.82) is 0 Å². The SMILES string of the molecule is Cn1cc(-c2ccn3nnc(Br)c3c2)cn1. The van der Waals surface area contributed by atoms with Gasteiger partial charge in [-0.1, -0.05) is 5.21 Å². The number of nitrogens with zero attached hydrogens (tertiary/aromatic N) is 5. The number of hydrogen-bond acceptors (Lipinski definition) is 3. The van der Waals surface area contributed by atoms with E-state index in [2.05, 4.69) is 31.3 Å². The zero-order valence-corrected chi connectivity index (χ0v) is 10.1. The molecule has 0 aliphatic heterocycles. The van der Waals surface area contributed by atoms with Crippen molar-refractivity contribution in [2.45, 2.75) is 0 Å². The molecule has 0 radical (unpaired) electrons. The number of hydrogen-bond donors (Lipinski definition) is 0. The van der Waals surface area contributed by atoms with Gasteiger partial charge in [-0.05, 0) is 33.6 Å². The van der Waals surface area contributed by atoms with Gasteiger partial charge in [-0.3, -0.25) is 4.68 Å². The lowest BCUT2D eigenvalue weighted by Gasteiger charge is -1.97. The van der Waals surface area contributed by atoms with Crippen LogP contribution >= 0.6 is 15.9 Å². The van der Waals surface area contributed by atoms with Crippen molar-refractivity contribution >= 4 is 21.4 Å². The van der Waals surface area contributed by atoms with Gasteiger partial charge in [0.2, 0.25) is 0 Å². The fraction of sp³-hybridized carbons (Fsp3) is 0.100. The van der Waals surface area contributed by atoms with E-state index < -0.39 is 0 Å². The molecule has 6 heteroatoms. The van der Waals surface area contributed by atoms with Gasteiger partial charge in [0.15, 0.2) is 4.60 Å². The molecule has 16 heavy (non-hydrogen) atoms. The van der Waals surface area contributed by atoms with Gasteiger partial charge >= 0.3 is 0 Å². The van der Waals surface area contributed by atoms with E-state index >= 15 is 0 Å². The van der Waals surface area contributed by atoms with Crippen molar-refractivity contribution in [3.05, 3.63) is 35.3 Å². The molecule has 80 valence electrons. The van der Waals surface area contributed by atoms with Crippen LogP contribution in [0.15, 0.2) is 35.3 Å². The van der Waals surface area contributed by atoms with Crippen molar-refractivity contribution < 1.29 is 0 Å². The molecule has 0 bridgehead atoms. The largest absolute Gasteiger partial charge is 0.275 e. The second-order valence-corrected chi connectivity index (χ2v) is 4.28.